The lowest BCUT2D eigenvalue weighted by atomic mass is 10.2. The molecule has 0 radical (unpaired) electrons. The van der Waals surface area contributed by atoms with Crippen LogP contribution in [-0.2, 0) is 11.3 Å². The molecule has 3 rings (SSSR count). The summed E-state index contributed by atoms with van der Waals surface area (Å²) in [5.74, 6) is 2.27. The Hall–Kier alpha value is -1.11. The van der Waals surface area contributed by atoms with E-state index >= 15 is 0 Å². The van der Waals surface area contributed by atoms with Crippen molar-refractivity contribution in [3.05, 3.63) is 35.6 Å². The summed E-state index contributed by atoms with van der Waals surface area (Å²) in [6.45, 7) is 5.34. The van der Waals surface area contributed by atoms with Gasteiger partial charge in [-0.2, -0.15) is 11.8 Å². The van der Waals surface area contributed by atoms with Gasteiger partial charge >= 0.3 is 0 Å². The van der Waals surface area contributed by atoms with Crippen molar-refractivity contribution in [3.63, 3.8) is 0 Å². The van der Waals surface area contributed by atoms with E-state index < -0.39 is 0 Å². The number of nitrogens with one attached hydrogen (secondary N) is 1. The fourth-order valence-electron chi connectivity index (χ4n) is 3.32. The molecular formula is C18H26FN3OS. The van der Waals surface area contributed by atoms with Gasteiger partial charge in [0.15, 0.2) is 0 Å². The van der Waals surface area contributed by atoms with Crippen LogP contribution in [0.15, 0.2) is 24.3 Å². The molecule has 2 fully saturated rings. The minimum absolute atomic E-state index is 0.194. The Labute approximate surface area is 147 Å². The molecule has 2 aliphatic heterocycles. The van der Waals surface area contributed by atoms with E-state index in [0.717, 1.165) is 62.8 Å². The Morgan fingerprint density at radius 2 is 2.04 bits per heavy atom. The lowest BCUT2D eigenvalue weighted by molar-refractivity contribution is -0.131. The molecule has 0 aromatic heterocycles. The monoisotopic (exact) mass is 351 g/mol. The quantitative estimate of drug-likeness (QED) is 0.899. The van der Waals surface area contributed by atoms with Gasteiger partial charge in [-0.1, -0.05) is 12.1 Å². The highest BCUT2D eigenvalue weighted by Crippen LogP contribution is 2.14. The Morgan fingerprint density at radius 1 is 1.21 bits per heavy atom. The van der Waals surface area contributed by atoms with E-state index in [1.54, 1.807) is 0 Å². The molecular weight excluding hydrogens is 325 g/mol. The molecule has 1 amide bonds. The first kappa shape index (κ1) is 17.7. The summed E-state index contributed by atoms with van der Waals surface area (Å²) in [5.41, 5.74) is 1.12. The number of nitrogens with zero attached hydrogens (tertiary/aromatic N) is 2. The number of hydrogen-bond acceptors (Lipinski definition) is 4. The summed E-state index contributed by atoms with van der Waals surface area (Å²) < 4.78 is 13.0. The smallest absolute Gasteiger partial charge is 0.224 e. The van der Waals surface area contributed by atoms with Gasteiger partial charge in [0.1, 0.15) is 5.82 Å². The molecule has 24 heavy (non-hydrogen) atoms. The van der Waals surface area contributed by atoms with Gasteiger partial charge in [0.25, 0.3) is 0 Å². The summed E-state index contributed by atoms with van der Waals surface area (Å²) in [6, 6.07) is 7.04. The summed E-state index contributed by atoms with van der Waals surface area (Å²) in [7, 11) is 0. The van der Waals surface area contributed by atoms with E-state index in [-0.39, 0.29) is 11.7 Å². The molecule has 1 aromatic rings. The van der Waals surface area contributed by atoms with Crippen molar-refractivity contribution in [3.8, 4) is 0 Å². The minimum atomic E-state index is -0.194. The highest BCUT2D eigenvalue weighted by molar-refractivity contribution is 7.99. The maximum absolute atomic E-state index is 13.0. The number of thioether (sulfide) groups is 1. The molecule has 2 aliphatic rings. The number of rotatable bonds is 4. The van der Waals surface area contributed by atoms with Gasteiger partial charge in [-0.15, -0.1) is 0 Å². The molecule has 6 heteroatoms. The topological polar surface area (TPSA) is 35.6 Å². The fourth-order valence-corrected chi connectivity index (χ4v) is 4.27. The maximum Gasteiger partial charge on any atom is 0.224 e. The van der Waals surface area contributed by atoms with Gasteiger partial charge in [-0.25, -0.2) is 4.39 Å². The maximum atomic E-state index is 13.0. The third-order valence-electron chi connectivity index (χ3n) is 4.68. The highest BCUT2D eigenvalue weighted by atomic mass is 32.2. The van der Waals surface area contributed by atoms with Crippen molar-refractivity contribution < 1.29 is 9.18 Å². The molecule has 2 heterocycles. The average molecular weight is 351 g/mol. The second kappa shape index (κ2) is 8.83. The van der Waals surface area contributed by atoms with Crippen LogP contribution in [0.5, 0.6) is 0 Å². The van der Waals surface area contributed by atoms with Gasteiger partial charge in [0.05, 0.1) is 0 Å². The number of hydrogen-bond donors (Lipinski definition) is 1. The van der Waals surface area contributed by atoms with Gasteiger partial charge in [-0.3, -0.25) is 9.69 Å². The molecule has 132 valence electrons. The van der Waals surface area contributed by atoms with Crippen molar-refractivity contribution in [2.75, 3.05) is 44.2 Å². The van der Waals surface area contributed by atoms with E-state index in [4.69, 9.17) is 0 Å². The third kappa shape index (κ3) is 5.19. The molecule has 4 nitrogen and oxygen atoms in total. The Balaban J connectivity index is 1.47. The molecule has 0 saturated carbocycles. The number of benzene rings is 1. The van der Waals surface area contributed by atoms with Crippen LogP contribution in [0.25, 0.3) is 0 Å². The van der Waals surface area contributed by atoms with Crippen LogP contribution < -0.4 is 5.32 Å². The van der Waals surface area contributed by atoms with Crippen LogP contribution in [0.4, 0.5) is 4.39 Å². The van der Waals surface area contributed by atoms with Crippen molar-refractivity contribution in [2.24, 2.45) is 0 Å². The zero-order valence-electron chi connectivity index (χ0n) is 14.0. The first-order valence-corrected chi connectivity index (χ1v) is 9.92. The number of carbonyl (C=O) groups excluding carboxylic acids is 1. The van der Waals surface area contributed by atoms with Crippen LogP contribution in [-0.4, -0.2) is 66.0 Å². The predicted octanol–water partition coefficient (Wildman–Crippen LogP) is 1.96. The zero-order chi connectivity index (χ0) is 16.8. The van der Waals surface area contributed by atoms with Crippen molar-refractivity contribution >= 4 is 17.7 Å². The third-order valence-corrected chi connectivity index (χ3v) is 5.81. The highest BCUT2D eigenvalue weighted by Gasteiger charge is 2.23. The van der Waals surface area contributed by atoms with E-state index in [1.807, 2.05) is 28.8 Å². The average Bonchev–Trinajstić information content (AvgIpc) is 2.83. The van der Waals surface area contributed by atoms with Crippen molar-refractivity contribution in [1.82, 2.24) is 15.1 Å². The summed E-state index contributed by atoms with van der Waals surface area (Å²) in [5, 5.41) is 3.44. The molecule has 0 aliphatic carbocycles. The first-order chi connectivity index (χ1) is 11.7. The normalized spacial score (nSPS) is 23.0. The number of halogens is 1. The van der Waals surface area contributed by atoms with Crippen molar-refractivity contribution in [2.45, 2.75) is 25.4 Å². The van der Waals surface area contributed by atoms with E-state index in [9.17, 15) is 9.18 Å². The minimum Gasteiger partial charge on any atom is -0.341 e. The van der Waals surface area contributed by atoms with Gasteiger partial charge in [0.2, 0.25) is 5.91 Å². The van der Waals surface area contributed by atoms with Gasteiger partial charge < -0.3 is 10.2 Å². The van der Waals surface area contributed by atoms with E-state index in [1.165, 1.54) is 12.1 Å². The van der Waals surface area contributed by atoms with Crippen LogP contribution in [0, 0.1) is 5.82 Å². The first-order valence-electron chi connectivity index (χ1n) is 8.76. The Kier molecular flexibility index (Phi) is 6.51. The summed E-state index contributed by atoms with van der Waals surface area (Å²) in [4.78, 5) is 16.9. The Bertz CT molecular complexity index is 534. The predicted molar refractivity (Wildman–Crippen MR) is 96.6 cm³/mol. The molecule has 1 unspecified atom stereocenters. The standard InChI is InChI=1S/C18H26FN3OS/c19-16-4-2-15(3-5-16)13-21-7-1-8-22(10-9-21)18(23)12-17-14-24-11-6-20-17/h2-5,17,20H,1,6-14H2. The van der Waals surface area contributed by atoms with Crippen LogP contribution in [0.2, 0.25) is 0 Å². The van der Waals surface area contributed by atoms with Crippen LogP contribution in [0.3, 0.4) is 0 Å². The SMILES string of the molecule is O=C(CC1CSCCN1)N1CCCN(Cc2ccc(F)cc2)CC1. The largest absolute Gasteiger partial charge is 0.341 e. The molecule has 2 saturated heterocycles. The van der Waals surface area contributed by atoms with Crippen LogP contribution in [0.1, 0.15) is 18.4 Å². The zero-order valence-corrected chi connectivity index (χ0v) is 14.9. The Morgan fingerprint density at radius 3 is 2.79 bits per heavy atom. The lowest BCUT2D eigenvalue weighted by Crippen LogP contribution is -2.43. The lowest BCUT2D eigenvalue weighted by Gasteiger charge is -2.27. The van der Waals surface area contributed by atoms with Gasteiger partial charge in [-0.05, 0) is 24.1 Å². The van der Waals surface area contributed by atoms with Gasteiger partial charge in [0, 0.05) is 63.2 Å². The molecule has 0 spiro atoms. The second-order valence-electron chi connectivity index (χ2n) is 6.57. The number of amides is 1. The molecule has 0 bridgehead atoms. The van der Waals surface area contributed by atoms with Crippen LogP contribution >= 0.6 is 11.8 Å². The van der Waals surface area contributed by atoms with E-state index in [0.29, 0.717) is 12.5 Å². The molecule has 1 atom stereocenters. The van der Waals surface area contributed by atoms with E-state index in [2.05, 4.69) is 10.2 Å². The summed E-state index contributed by atoms with van der Waals surface area (Å²) in [6.07, 6.45) is 1.62. The fraction of sp³-hybridized carbons (Fsp3) is 0.611. The van der Waals surface area contributed by atoms with Crippen molar-refractivity contribution in [1.29, 1.82) is 0 Å². The molecule has 1 N–H and O–H groups in total. The second-order valence-corrected chi connectivity index (χ2v) is 7.72. The number of carbonyl (C=O) groups is 1. The molecule has 1 aromatic carbocycles. The summed E-state index contributed by atoms with van der Waals surface area (Å²) >= 11 is 1.93.